The molecule has 0 heterocycles. The molecule has 0 spiro atoms. The smallest absolute Gasteiger partial charge is 0.220 e. The molecule has 6 unspecified atom stereocenters. The maximum Gasteiger partial charge on any atom is 0.220 e. The molecule has 0 aromatic rings. The van der Waals surface area contributed by atoms with Crippen LogP contribution in [0.1, 0.15) is 87.5 Å². The van der Waals surface area contributed by atoms with Crippen LogP contribution in [0.25, 0.3) is 0 Å². The Morgan fingerprint density at radius 3 is 1.58 bits per heavy atom. The fourth-order valence-corrected chi connectivity index (χ4v) is 4.43. The molecule has 196 valence electrons. The standard InChI is InChI=1S/C23H43N3O5.2CH4/c1-6-8-16(14(3)27)10-18(22(24)30)12-19(21(29)13-26-5)20(23(25)31)11-17(9-7-2)15(4)28;;/h16-21,26,29H,6-13H2,1-5H3,(H2,24,30)(H2,25,31);2*1H4. The number of Topliss-reactive ketones (excluding diaryl/α,β-unsaturated/α-hetero) is 2. The number of carbonyl (C=O) groups excluding carboxylic acids is 4. The van der Waals surface area contributed by atoms with Crippen molar-refractivity contribution in [3.05, 3.63) is 0 Å². The molecule has 8 nitrogen and oxygen atoms in total. The number of primary amides is 2. The van der Waals surface area contributed by atoms with E-state index in [9.17, 15) is 24.3 Å². The number of nitrogens with one attached hydrogen (secondary N) is 1. The molecule has 0 aromatic heterocycles. The summed E-state index contributed by atoms with van der Waals surface area (Å²) < 4.78 is 0. The highest BCUT2D eigenvalue weighted by atomic mass is 16.3. The van der Waals surface area contributed by atoms with E-state index in [-0.39, 0.29) is 64.1 Å². The maximum atomic E-state index is 12.4. The monoisotopic (exact) mass is 473 g/mol. The Labute approximate surface area is 201 Å². The zero-order valence-corrected chi connectivity index (χ0v) is 19.9. The second-order valence-electron chi connectivity index (χ2n) is 8.80. The van der Waals surface area contributed by atoms with Gasteiger partial charge in [-0.1, -0.05) is 41.5 Å². The SMILES string of the molecule is C.C.CCCC(CC(CC(C(O)CNC)C(CC(CCC)C(C)=O)C(N)=O)C(N)=O)C(C)=O. The number of hydrogen-bond acceptors (Lipinski definition) is 6. The van der Waals surface area contributed by atoms with E-state index in [2.05, 4.69) is 5.32 Å². The van der Waals surface area contributed by atoms with Crippen LogP contribution in [-0.2, 0) is 19.2 Å². The van der Waals surface area contributed by atoms with Crippen molar-refractivity contribution in [3.63, 3.8) is 0 Å². The Hall–Kier alpha value is -1.80. The number of hydrogen-bond donors (Lipinski definition) is 4. The molecule has 0 aliphatic rings. The number of aliphatic hydroxyl groups is 1. The topological polar surface area (TPSA) is 153 Å². The zero-order valence-electron chi connectivity index (χ0n) is 19.9. The van der Waals surface area contributed by atoms with Crippen molar-refractivity contribution < 1.29 is 24.3 Å². The van der Waals surface area contributed by atoms with Crippen LogP contribution in [0.2, 0.25) is 0 Å². The molecule has 0 bridgehead atoms. The summed E-state index contributed by atoms with van der Waals surface area (Å²) in [5.74, 6) is -3.98. The molecule has 0 aliphatic heterocycles. The largest absolute Gasteiger partial charge is 0.391 e. The van der Waals surface area contributed by atoms with Gasteiger partial charge >= 0.3 is 0 Å². The minimum atomic E-state index is -0.958. The molecule has 6 N–H and O–H groups in total. The third kappa shape index (κ3) is 12.9. The first kappa shape index (κ1) is 35.8. The number of likely N-dealkylation sites (N-methyl/N-ethyl adjacent to an activating group) is 1. The normalized spacial score (nSPS) is 16.2. The van der Waals surface area contributed by atoms with Crippen molar-refractivity contribution in [1.82, 2.24) is 5.32 Å². The van der Waals surface area contributed by atoms with Gasteiger partial charge in [-0.3, -0.25) is 19.2 Å². The molecular weight excluding hydrogens is 422 g/mol. The highest BCUT2D eigenvalue weighted by Gasteiger charge is 2.38. The number of ketones is 2. The van der Waals surface area contributed by atoms with Crippen LogP contribution in [0, 0.1) is 29.6 Å². The van der Waals surface area contributed by atoms with Gasteiger partial charge in [-0.2, -0.15) is 0 Å². The van der Waals surface area contributed by atoms with E-state index in [0.717, 1.165) is 12.8 Å². The van der Waals surface area contributed by atoms with E-state index in [0.29, 0.717) is 12.8 Å². The van der Waals surface area contributed by atoms with Gasteiger partial charge in [-0.05, 0) is 58.9 Å². The average molecular weight is 474 g/mol. The van der Waals surface area contributed by atoms with Crippen molar-refractivity contribution in [2.75, 3.05) is 13.6 Å². The molecular formula is C25H51N3O5. The van der Waals surface area contributed by atoms with E-state index < -0.39 is 35.7 Å². The van der Waals surface area contributed by atoms with Gasteiger partial charge < -0.3 is 21.9 Å². The van der Waals surface area contributed by atoms with Gasteiger partial charge in [-0.25, -0.2) is 0 Å². The highest BCUT2D eigenvalue weighted by Crippen LogP contribution is 2.33. The van der Waals surface area contributed by atoms with Crippen molar-refractivity contribution in [1.29, 1.82) is 0 Å². The number of nitrogens with two attached hydrogens (primary N) is 2. The third-order valence-corrected chi connectivity index (χ3v) is 6.28. The quantitative estimate of drug-likeness (QED) is 0.240. The molecule has 0 radical (unpaired) electrons. The number of aliphatic hydroxyl groups excluding tert-OH is 1. The Bertz CT molecular complexity index is 597. The molecule has 0 saturated heterocycles. The molecule has 0 aromatic carbocycles. The molecule has 0 fully saturated rings. The summed E-state index contributed by atoms with van der Waals surface area (Å²) in [6.45, 7) is 7.12. The van der Waals surface area contributed by atoms with Crippen LogP contribution in [0.4, 0.5) is 0 Å². The molecule has 33 heavy (non-hydrogen) atoms. The van der Waals surface area contributed by atoms with Gasteiger partial charge in [0.2, 0.25) is 11.8 Å². The van der Waals surface area contributed by atoms with Crippen molar-refractivity contribution in [2.45, 2.75) is 93.6 Å². The van der Waals surface area contributed by atoms with Crippen LogP contribution >= 0.6 is 0 Å². The Morgan fingerprint density at radius 2 is 1.24 bits per heavy atom. The van der Waals surface area contributed by atoms with Crippen molar-refractivity contribution in [2.24, 2.45) is 41.1 Å². The molecule has 6 atom stereocenters. The van der Waals surface area contributed by atoms with E-state index >= 15 is 0 Å². The Balaban J connectivity index is -0.00000450. The summed E-state index contributed by atoms with van der Waals surface area (Å²) in [7, 11) is 1.67. The lowest BCUT2D eigenvalue weighted by Gasteiger charge is -2.33. The number of carbonyl (C=O) groups is 4. The molecule has 0 rings (SSSR count). The van der Waals surface area contributed by atoms with Gasteiger partial charge in [0.25, 0.3) is 0 Å². The summed E-state index contributed by atoms with van der Waals surface area (Å²) in [6, 6.07) is 0. The first-order chi connectivity index (χ1) is 14.5. The van der Waals surface area contributed by atoms with Gasteiger partial charge in [-0.15, -0.1) is 0 Å². The van der Waals surface area contributed by atoms with Gasteiger partial charge in [0.05, 0.1) is 6.10 Å². The summed E-state index contributed by atoms with van der Waals surface area (Å²) >= 11 is 0. The van der Waals surface area contributed by atoms with Gasteiger partial charge in [0, 0.05) is 30.2 Å². The molecule has 0 aliphatic carbocycles. The van der Waals surface area contributed by atoms with E-state index in [1.165, 1.54) is 13.8 Å². The van der Waals surface area contributed by atoms with E-state index in [1.54, 1.807) is 7.05 Å². The second kappa shape index (κ2) is 18.6. The fraction of sp³-hybridized carbons (Fsp3) is 0.840. The highest BCUT2D eigenvalue weighted by molar-refractivity contribution is 5.82. The third-order valence-electron chi connectivity index (χ3n) is 6.28. The van der Waals surface area contributed by atoms with E-state index in [4.69, 9.17) is 11.5 Å². The summed E-state index contributed by atoms with van der Waals surface area (Å²) in [5.41, 5.74) is 11.4. The lowest BCUT2D eigenvalue weighted by Crippen LogP contribution is -2.44. The first-order valence-electron chi connectivity index (χ1n) is 11.4. The average Bonchev–Trinajstić information content (AvgIpc) is 2.67. The molecule has 2 amide bonds. The minimum absolute atomic E-state index is 0. The minimum Gasteiger partial charge on any atom is -0.391 e. The summed E-state index contributed by atoms with van der Waals surface area (Å²) in [6.07, 6.45) is 2.51. The van der Waals surface area contributed by atoms with Gasteiger partial charge in [0.15, 0.2) is 0 Å². The lowest BCUT2D eigenvalue weighted by molar-refractivity contribution is -0.131. The van der Waals surface area contributed by atoms with E-state index in [1.807, 2.05) is 13.8 Å². The summed E-state index contributed by atoms with van der Waals surface area (Å²) in [4.78, 5) is 48.8. The molecule has 0 saturated carbocycles. The van der Waals surface area contributed by atoms with Crippen LogP contribution in [0.5, 0.6) is 0 Å². The zero-order chi connectivity index (χ0) is 24.1. The Morgan fingerprint density at radius 1 is 0.788 bits per heavy atom. The van der Waals surface area contributed by atoms with Gasteiger partial charge in [0.1, 0.15) is 11.6 Å². The molecule has 8 heteroatoms. The Kier molecular flexibility index (Phi) is 20.2. The van der Waals surface area contributed by atoms with Crippen molar-refractivity contribution >= 4 is 23.4 Å². The fourth-order valence-electron chi connectivity index (χ4n) is 4.43. The van der Waals surface area contributed by atoms with Crippen LogP contribution < -0.4 is 16.8 Å². The maximum absolute atomic E-state index is 12.4. The second-order valence-corrected chi connectivity index (χ2v) is 8.80. The van der Waals surface area contributed by atoms with Crippen LogP contribution in [-0.4, -0.2) is 48.2 Å². The lowest BCUT2D eigenvalue weighted by atomic mass is 9.73. The predicted octanol–water partition coefficient (Wildman–Crippen LogP) is 2.84. The van der Waals surface area contributed by atoms with Crippen molar-refractivity contribution in [3.8, 4) is 0 Å². The van der Waals surface area contributed by atoms with Crippen LogP contribution in [0.3, 0.4) is 0 Å². The number of amides is 2. The predicted molar refractivity (Wildman–Crippen MR) is 134 cm³/mol. The summed E-state index contributed by atoms with van der Waals surface area (Å²) in [5, 5.41) is 13.7. The first-order valence-corrected chi connectivity index (χ1v) is 11.4. The van der Waals surface area contributed by atoms with Crippen LogP contribution in [0.15, 0.2) is 0 Å². The number of rotatable bonds is 18.